The van der Waals surface area contributed by atoms with E-state index in [4.69, 9.17) is 27.1 Å². The average molecular weight is 720 g/mol. The maximum Gasteiger partial charge on any atom is 0.344 e. The Balaban J connectivity index is 6.36. The molecule has 0 aliphatic rings. The smallest absolute Gasteiger partial charge is 0.308 e. The molecule has 46 heavy (non-hydrogen) atoms. The van der Waals surface area contributed by atoms with Crippen LogP contribution in [0, 0.1) is 0 Å². The molecule has 0 fully saturated rings. The molecule has 0 bridgehead atoms. The third-order valence-electron chi connectivity index (χ3n) is 7.33. The van der Waals surface area contributed by atoms with Gasteiger partial charge in [0.05, 0.1) is 39.6 Å². The fourth-order valence-electron chi connectivity index (χ4n) is 4.56. The van der Waals surface area contributed by atoms with E-state index in [-0.39, 0.29) is 58.5 Å². The van der Waals surface area contributed by atoms with Crippen LogP contribution in [0.1, 0.15) is 157 Å². The van der Waals surface area contributed by atoms with Crippen LogP contribution in [-0.2, 0) is 40.8 Å². The second-order valence-electron chi connectivity index (χ2n) is 12.2. The summed E-state index contributed by atoms with van der Waals surface area (Å²) in [6.07, 6.45) is 15.5. The predicted molar refractivity (Wildman–Crippen MR) is 192 cm³/mol. The zero-order valence-corrected chi connectivity index (χ0v) is 33.2. The van der Waals surface area contributed by atoms with E-state index in [1.54, 1.807) is 4.90 Å². The molecule has 0 aliphatic heterocycles. The van der Waals surface area contributed by atoms with E-state index in [1.165, 1.54) is 0 Å². The van der Waals surface area contributed by atoms with E-state index in [2.05, 4.69) is 41.5 Å². The van der Waals surface area contributed by atoms with E-state index in [1.807, 2.05) is 0 Å². The molecule has 0 spiro atoms. The fraction of sp³-hybridized carbons (Fsp3) is 1.00. The van der Waals surface area contributed by atoms with E-state index in [0.717, 1.165) is 116 Å². The van der Waals surface area contributed by atoms with Crippen molar-refractivity contribution in [3.8, 4) is 0 Å². The van der Waals surface area contributed by atoms with Crippen molar-refractivity contribution in [3.63, 3.8) is 0 Å². The SMILES string of the molecule is CCCCCOP(=O)(CN(CP(=O)(OCCCCC)OCCCCC)CP(=O)(OCCCCC)OCCCCC)OCCCCC. The quantitative estimate of drug-likeness (QED) is 0.0458. The molecule has 0 saturated carbocycles. The van der Waals surface area contributed by atoms with Gasteiger partial charge < -0.3 is 27.1 Å². The number of rotatable bonds is 36. The second-order valence-corrected chi connectivity index (χ2v) is 18.2. The third-order valence-corrected chi connectivity index (χ3v) is 13.0. The van der Waals surface area contributed by atoms with Gasteiger partial charge in [-0.2, -0.15) is 0 Å². The van der Waals surface area contributed by atoms with E-state index in [9.17, 15) is 13.7 Å². The predicted octanol–water partition coefficient (Wildman–Crippen LogP) is 12.0. The van der Waals surface area contributed by atoms with Gasteiger partial charge >= 0.3 is 22.8 Å². The van der Waals surface area contributed by atoms with Crippen LogP contribution >= 0.6 is 22.8 Å². The summed E-state index contributed by atoms with van der Waals surface area (Å²) in [6, 6.07) is 0. The van der Waals surface area contributed by atoms with Gasteiger partial charge in [0, 0.05) is 0 Å². The van der Waals surface area contributed by atoms with Gasteiger partial charge in [-0.15, -0.1) is 0 Å². The highest BCUT2D eigenvalue weighted by Crippen LogP contribution is 2.57. The van der Waals surface area contributed by atoms with Crippen molar-refractivity contribution in [3.05, 3.63) is 0 Å². The van der Waals surface area contributed by atoms with Crippen LogP contribution in [0.4, 0.5) is 0 Å². The van der Waals surface area contributed by atoms with Crippen molar-refractivity contribution in [2.24, 2.45) is 0 Å². The highest BCUT2D eigenvalue weighted by atomic mass is 31.2. The normalized spacial score (nSPS) is 12.8. The van der Waals surface area contributed by atoms with Gasteiger partial charge in [0.25, 0.3) is 0 Å². The minimum Gasteiger partial charge on any atom is -0.308 e. The highest BCUT2D eigenvalue weighted by Gasteiger charge is 2.39. The number of hydrogen-bond acceptors (Lipinski definition) is 10. The Morgan fingerprint density at radius 2 is 0.500 bits per heavy atom. The lowest BCUT2D eigenvalue weighted by molar-refractivity contribution is 0.161. The molecule has 0 atom stereocenters. The van der Waals surface area contributed by atoms with Crippen molar-refractivity contribution in [1.82, 2.24) is 4.90 Å². The van der Waals surface area contributed by atoms with Crippen molar-refractivity contribution in [1.29, 1.82) is 0 Å². The van der Waals surface area contributed by atoms with Gasteiger partial charge in [-0.05, 0) is 38.5 Å². The Labute approximate surface area is 283 Å². The average Bonchev–Trinajstić information content (AvgIpc) is 3.02. The summed E-state index contributed by atoms with van der Waals surface area (Å²) in [5.41, 5.74) is 0. The van der Waals surface area contributed by atoms with Crippen LogP contribution < -0.4 is 0 Å². The molecule has 10 nitrogen and oxygen atoms in total. The van der Waals surface area contributed by atoms with Crippen molar-refractivity contribution < 1.29 is 40.8 Å². The summed E-state index contributed by atoms with van der Waals surface area (Å²) in [7, 11) is -11.1. The molecule has 0 radical (unpaired) electrons. The lowest BCUT2D eigenvalue weighted by Crippen LogP contribution is -2.30. The molecule has 0 saturated heterocycles. The van der Waals surface area contributed by atoms with Crippen molar-refractivity contribution >= 4 is 22.8 Å². The standard InChI is InChI=1S/C33H72NO9P3/c1-7-13-19-25-38-44(35,39-26-20-14-8-2)31-34(32-45(36,40-27-21-15-9-3)41-28-22-16-10-4)33-46(37,42-29-23-17-11-5)43-30-24-18-12-6/h7-33H2,1-6H3. The zero-order valence-electron chi connectivity index (χ0n) is 30.6. The van der Waals surface area contributed by atoms with E-state index >= 15 is 0 Å². The fourth-order valence-corrected chi connectivity index (χ4v) is 10.3. The molecule has 0 heterocycles. The summed E-state index contributed by atoms with van der Waals surface area (Å²) in [6.45, 7) is 14.3. The largest absolute Gasteiger partial charge is 0.344 e. The molecule has 0 aromatic heterocycles. The molecule has 0 unspecified atom stereocenters. The lowest BCUT2D eigenvalue weighted by atomic mass is 10.3. The number of unbranched alkanes of at least 4 members (excludes halogenated alkanes) is 12. The van der Waals surface area contributed by atoms with Gasteiger partial charge in [-0.25, -0.2) is 0 Å². The number of hydrogen-bond donors (Lipinski definition) is 0. The molecular weight excluding hydrogens is 647 g/mol. The zero-order chi connectivity index (χ0) is 34.4. The first-order valence-electron chi connectivity index (χ1n) is 18.5. The Morgan fingerprint density at radius 3 is 0.652 bits per heavy atom. The van der Waals surface area contributed by atoms with Gasteiger partial charge in [0.15, 0.2) is 0 Å². The molecular formula is C33H72NO9P3. The molecule has 0 amide bonds. The maximum atomic E-state index is 14.3. The molecule has 13 heteroatoms. The summed E-state index contributed by atoms with van der Waals surface area (Å²) in [5, 5.41) is 0. The second kappa shape index (κ2) is 30.3. The Morgan fingerprint density at radius 1 is 0.326 bits per heavy atom. The van der Waals surface area contributed by atoms with Crippen molar-refractivity contribution in [2.45, 2.75) is 157 Å². The van der Waals surface area contributed by atoms with Gasteiger partial charge in [-0.1, -0.05) is 119 Å². The van der Waals surface area contributed by atoms with Crippen LogP contribution in [-0.4, -0.2) is 63.4 Å². The first kappa shape index (κ1) is 46.4. The number of nitrogens with zero attached hydrogens (tertiary/aromatic N) is 1. The summed E-state index contributed by atoms with van der Waals surface area (Å²) < 4.78 is 78.7. The maximum absolute atomic E-state index is 14.3. The van der Waals surface area contributed by atoms with Gasteiger partial charge in [-0.3, -0.25) is 18.6 Å². The van der Waals surface area contributed by atoms with Crippen LogP contribution in [0.25, 0.3) is 0 Å². The topological polar surface area (TPSA) is 110 Å². The van der Waals surface area contributed by atoms with E-state index < -0.39 is 22.8 Å². The van der Waals surface area contributed by atoms with E-state index in [0.29, 0.717) is 0 Å². The summed E-state index contributed by atoms with van der Waals surface area (Å²) in [5.74, 6) is 0. The van der Waals surface area contributed by atoms with Gasteiger partial charge in [0.2, 0.25) is 0 Å². The molecule has 0 N–H and O–H groups in total. The molecule has 278 valence electrons. The highest BCUT2D eigenvalue weighted by molar-refractivity contribution is 7.55. The minimum atomic E-state index is -3.71. The minimum absolute atomic E-state index is 0.216. The van der Waals surface area contributed by atoms with Crippen LogP contribution in [0.2, 0.25) is 0 Å². The van der Waals surface area contributed by atoms with Crippen LogP contribution in [0.15, 0.2) is 0 Å². The summed E-state index contributed by atoms with van der Waals surface area (Å²) in [4.78, 5) is 1.58. The van der Waals surface area contributed by atoms with Gasteiger partial charge in [0.1, 0.15) is 18.9 Å². The molecule has 0 aliphatic carbocycles. The Hall–Kier alpha value is 0.410. The Bertz CT molecular complexity index is 682. The monoisotopic (exact) mass is 719 g/mol. The molecule has 0 rings (SSSR count). The van der Waals surface area contributed by atoms with Crippen molar-refractivity contribution in [2.75, 3.05) is 58.5 Å². The molecule has 0 aromatic carbocycles. The lowest BCUT2D eigenvalue weighted by Gasteiger charge is -2.32. The van der Waals surface area contributed by atoms with Crippen LogP contribution in [0.5, 0.6) is 0 Å². The Kier molecular flexibility index (Phi) is 30.5. The van der Waals surface area contributed by atoms with Crippen LogP contribution in [0.3, 0.4) is 0 Å². The third kappa shape index (κ3) is 25.4. The summed E-state index contributed by atoms with van der Waals surface area (Å²) >= 11 is 0. The first-order valence-corrected chi connectivity index (χ1v) is 23.7. The molecule has 0 aromatic rings. The first-order chi connectivity index (χ1) is 22.1.